The lowest BCUT2D eigenvalue weighted by Gasteiger charge is -2.35. The van der Waals surface area contributed by atoms with E-state index >= 15 is 0 Å². The van der Waals surface area contributed by atoms with Gasteiger partial charge in [-0.1, -0.05) is 30.3 Å². The summed E-state index contributed by atoms with van der Waals surface area (Å²) in [7, 11) is -3.14. The quantitative estimate of drug-likeness (QED) is 0.715. The molecule has 28 heavy (non-hydrogen) atoms. The number of amides is 1. The summed E-state index contributed by atoms with van der Waals surface area (Å²) in [5.74, 6) is -0.00316. The second-order valence-electron chi connectivity index (χ2n) is 7.83. The molecule has 0 atom stereocenters. The first kappa shape index (κ1) is 21.2. The van der Waals surface area contributed by atoms with Gasteiger partial charge in [0.1, 0.15) is 0 Å². The molecule has 2 heterocycles. The molecule has 2 aliphatic rings. The first-order valence-electron chi connectivity index (χ1n) is 10.1. The summed E-state index contributed by atoms with van der Waals surface area (Å²) in [4.78, 5) is 17.2. The molecule has 0 spiro atoms. The van der Waals surface area contributed by atoms with Gasteiger partial charge in [0.15, 0.2) is 0 Å². The van der Waals surface area contributed by atoms with Crippen LogP contribution in [0.5, 0.6) is 0 Å². The van der Waals surface area contributed by atoms with Gasteiger partial charge >= 0.3 is 0 Å². The highest BCUT2D eigenvalue weighted by Gasteiger charge is 2.28. The fourth-order valence-electron chi connectivity index (χ4n) is 3.94. The van der Waals surface area contributed by atoms with E-state index in [2.05, 4.69) is 39.4 Å². The monoisotopic (exact) mass is 408 g/mol. The van der Waals surface area contributed by atoms with E-state index in [0.717, 1.165) is 39.3 Å². The van der Waals surface area contributed by atoms with Crippen molar-refractivity contribution >= 4 is 15.9 Å². The van der Waals surface area contributed by atoms with E-state index in [1.807, 2.05) is 6.07 Å². The van der Waals surface area contributed by atoms with Gasteiger partial charge < -0.3 is 5.32 Å². The van der Waals surface area contributed by atoms with Gasteiger partial charge in [-0.25, -0.2) is 12.7 Å². The fraction of sp³-hybridized carbons (Fsp3) is 0.650. The molecule has 1 aromatic carbocycles. The Hall–Kier alpha value is -1.48. The van der Waals surface area contributed by atoms with Crippen molar-refractivity contribution in [1.82, 2.24) is 19.4 Å². The van der Waals surface area contributed by atoms with E-state index in [1.54, 1.807) is 0 Å². The molecular formula is C20H32N4O3S. The maximum Gasteiger partial charge on any atom is 0.223 e. The average Bonchev–Trinajstić information content (AvgIpc) is 2.69. The summed E-state index contributed by atoms with van der Waals surface area (Å²) in [5, 5.41) is 3.04. The number of carbonyl (C=O) groups is 1. The Kier molecular flexibility index (Phi) is 7.45. The summed E-state index contributed by atoms with van der Waals surface area (Å²) in [6.07, 6.45) is 2.45. The molecule has 1 amide bonds. The number of nitrogens with one attached hydrogen (secondary N) is 1. The zero-order valence-electron chi connectivity index (χ0n) is 16.7. The lowest BCUT2D eigenvalue weighted by Crippen LogP contribution is -2.48. The molecule has 0 saturated carbocycles. The van der Waals surface area contributed by atoms with Crippen LogP contribution in [0.15, 0.2) is 30.3 Å². The Morgan fingerprint density at radius 2 is 1.61 bits per heavy atom. The molecule has 156 valence electrons. The molecule has 2 aliphatic heterocycles. The Labute approximate surface area is 168 Å². The molecule has 2 fully saturated rings. The largest absolute Gasteiger partial charge is 0.355 e. The van der Waals surface area contributed by atoms with Crippen molar-refractivity contribution in [3.63, 3.8) is 0 Å². The average molecular weight is 409 g/mol. The van der Waals surface area contributed by atoms with Crippen LogP contribution in [0.25, 0.3) is 0 Å². The Balaban J connectivity index is 1.30. The predicted octanol–water partition coefficient (Wildman–Crippen LogP) is 0.592. The fourth-order valence-corrected chi connectivity index (χ4v) is 4.82. The molecule has 0 aromatic heterocycles. The number of hydrogen-bond acceptors (Lipinski definition) is 5. The lowest BCUT2D eigenvalue weighted by molar-refractivity contribution is -0.126. The highest BCUT2D eigenvalue weighted by Crippen LogP contribution is 2.19. The first-order valence-corrected chi connectivity index (χ1v) is 12.0. The van der Waals surface area contributed by atoms with Gasteiger partial charge in [0.05, 0.1) is 6.26 Å². The summed E-state index contributed by atoms with van der Waals surface area (Å²) >= 11 is 0. The maximum atomic E-state index is 12.3. The highest BCUT2D eigenvalue weighted by molar-refractivity contribution is 7.88. The number of rotatable bonds is 7. The van der Waals surface area contributed by atoms with Crippen molar-refractivity contribution in [2.24, 2.45) is 5.92 Å². The maximum absolute atomic E-state index is 12.3. The standard InChI is InChI=1S/C20H32N4O3S/c1-28(26,27)24-10-7-19(8-11-24)20(25)21-9-12-22-13-15-23(16-14-22)17-18-5-3-2-4-6-18/h2-6,19H,7-17H2,1H3,(H,21,25). The van der Waals surface area contributed by atoms with Crippen molar-refractivity contribution < 1.29 is 13.2 Å². The predicted molar refractivity (Wildman–Crippen MR) is 110 cm³/mol. The van der Waals surface area contributed by atoms with Crippen molar-refractivity contribution in [3.8, 4) is 0 Å². The van der Waals surface area contributed by atoms with Crippen LogP contribution in [0.2, 0.25) is 0 Å². The Morgan fingerprint density at radius 1 is 1.00 bits per heavy atom. The molecule has 3 rings (SSSR count). The molecular weight excluding hydrogens is 376 g/mol. The van der Waals surface area contributed by atoms with Gasteiger partial charge in [-0.05, 0) is 18.4 Å². The zero-order valence-corrected chi connectivity index (χ0v) is 17.5. The van der Waals surface area contributed by atoms with Crippen LogP contribution in [0.1, 0.15) is 18.4 Å². The van der Waals surface area contributed by atoms with Crippen LogP contribution in [-0.2, 0) is 21.4 Å². The number of nitrogens with zero attached hydrogens (tertiary/aromatic N) is 3. The van der Waals surface area contributed by atoms with E-state index in [-0.39, 0.29) is 11.8 Å². The lowest BCUT2D eigenvalue weighted by atomic mass is 9.97. The second kappa shape index (κ2) is 9.82. The van der Waals surface area contributed by atoms with Crippen LogP contribution in [-0.4, -0.2) is 87.0 Å². The van der Waals surface area contributed by atoms with Gasteiger partial charge in [0.2, 0.25) is 15.9 Å². The van der Waals surface area contributed by atoms with Crippen molar-refractivity contribution in [1.29, 1.82) is 0 Å². The van der Waals surface area contributed by atoms with Gasteiger partial charge in [-0.2, -0.15) is 0 Å². The smallest absolute Gasteiger partial charge is 0.223 e. The van der Waals surface area contributed by atoms with Crippen LogP contribution in [0, 0.1) is 5.92 Å². The first-order chi connectivity index (χ1) is 13.4. The molecule has 0 radical (unpaired) electrons. The third-order valence-corrected chi connectivity index (χ3v) is 7.04. The normalized spacial score (nSPS) is 20.9. The minimum Gasteiger partial charge on any atom is -0.355 e. The minimum atomic E-state index is -3.14. The van der Waals surface area contributed by atoms with Gasteiger partial charge in [0, 0.05) is 64.8 Å². The van der Waals surface area contributed by atoms with Crippen LogP contribution >= 0.6 is 0 Å². The van der Waals surface area contributed by atoms with Gasteiger partial charge in [-0.15, -0.1) is 0 Å². The number of benzene rings is 1. The summed E-state index contributed by atoms with van der Waals surface area (Å²) in [6, 6.07) is 10.5. The topological polar surface area (TPSA) is 73.0 Å². The molecule has 2 saturated heterocycles. The summed E-state index contributed by atoms with van der Waals surface area (Å²) in [5.41, 5.74) is 1.35. The van der Waals surface area contributed by atoms with Gasteiger partial charge in [-0.3, -0.25) is 14.6 Å². The van der Waals surface area contributed by atoms with Gasteiger partial charge in [0.25, 0.3) is 0 Å². The third kappa shape index (κ3) is 6.27. The molecule has 1 aromatic rings. The van der Waals surface area contributed by atoms with E-state index in [9.17, 15) is 13.2 Å². The SMILES string of the molecule is CS(=O)(=O)N1CCC(C(=O)NCCN2CCN(Cc3ccccc3)CC2)CC1. The molecule has 0 aliphatic carbocycles. The highest BCUT2D eigenvalue weighted by atomic mass is 32.2. The number of piperazine rings is 1. The van der Waals surface area contributed by atoms with Crippen molar-refractivity contribution in [2.45, 2.75) is 19.4 Å². The number of carbonyl (C=O) groups excluding carboxylic acids is 1. The molecule has 8 heteroatoms. The van der Waals surface area contributed by atoms with Crippen LogP contribution in [0.4, 0.5) is 0 Å². The zero-order chi connectivity index (χ0) is 20.0. The molecule has 7 nitrogen and oxygen atoms in total. The Morgan fingerprint density at radius 3 is 2.21 bits per heavy atom. The molecule has 1 N–H and O–H groups in total. The Bertz CT molecular complexity index is 725. The van der Waals surface area contributed by atoms with E-state index in [4.69, 9.17) is 0 Å². The van der Waals surface area contributed by atoms with E-state index in [1.165, 1.54) is 16.1 Å². The second-order valence-corrected chi connectivity index (χ2v) is 9.81. The third-order valence-electron chi connectivity index (χ3n) is 5.73. The number of hydrogen-bond donors (Lipinski definition) is 1. The molecule has 0 unspecified atom stereocenters. The van der Waals surface area contributed by atoms with E-state index < -0.39 is 10.0 Å². The summed E-state index contributed by atoms with van der Waals surface area (Å²) < 4.78 is 24.6. The van der Waals surface area contributed by atoms with Crippen LogP contribution < -0.4 is 5.32 Å². The number of sulfonamides is 1. The van der Waals surface area contributed by atoms with E-state index in [0.29, 0.717) is 32.5 Å². The van der Waals surface area contributed by atoms with Crippen LogP contribution in [0.3, 0.4) is 0 Å². The van der Waals surface area contributed by atoms with Crippen molar-refractivity contribution in [2.75, 3.05) is 58.6 Å². The van der Waals surface area contributed by atoms with Crippen molar-refractivity contribution in [3.05, 3.63) is 35.9 Å². The summed E-state index contributed by atoms with van der Waals surface area (Å²) in [6.45, 7) is 7.56. The number of piperidine rings is 1. The molecule has 0 bridgehead atoms. The minimum absolute atomic E-state index is 0.0656.